The van der Waals surface area contributed by atoms with Crippen LogP contribution in [0.5, 0.6) is 0 Å². The van der Waals surface area contributed by atoms with E-state index in [0.717, 1.165) is 29.7 Å². The third-order valence-corrected chi connectivity index (χ3v) is 5.59. The molecule has 1 aromatic heterocycles. The molecule has 164 valence electrons. The predicted molar refractivity (Wildman–Crippen MR) is 129 cm³/mol. The molecule has 0 bridgehead atoms. The number of nitrogens with one attached hydrogen (secondary N) is 2. The zero-order valence-corrected chi connectivity index (χ0v) is 18.3. The van der Waals surface area contributed by atoms with Crippen molar-refractivity contribution in [3.63, 3.8) is 0 Å². The molecule has 4 aromatic rings. The van der Waals surface area contributed by atoms with E-state index in [1.54, 1.807) is 35.1 Å². The van der Waals surface area contributed by atoms with Gasteiger partial charge in [-0.15, -0.1) is 0 Å². The van der Waals surface area contributed by atoms with Crippen LogP contribution in [0.25, 0.3) is 16.9 Å². The molecule has 2 amide bonds. The summed E-state index contributed by atoms with van der Waals surface area (Å²) in [5, 5.41) is 10.6. The third kappa shape index (κ3) is 4.70. The molecule has 0 atom stereocenters. The number of hydrogen-bond donors (Lipinski definition) is 2. The summed E-state index contributed by atoms with van der Waals surface area (Å²) in [6.45, 7) is 2.01. The van der Waals surface area contributed by atoms with Crippen molar-refractivity contribution in [1.29, 1.82) is 0 Å². The Morgan fingerprint density at radius 1 is 0.909 bits per heavy atom. The first-order valence-electron chi connectivity index (χ1n) is 11.0. The summed E-state index contributed by atoms with van der Waals surface area (Å²) in [7, 11) is 0. The van der Waals surface area contributed by atoms with Gasteiger partial charge in [0.1, 0.15) is 5.69 Å². The Kier molecular flexibility index (Phi) is 5.48. The highest BCUT2D eigenvalue weighted by atomic mass is 16.2. The number of hydrogen-bond acceptors (Lipinski definition) is 3. The van der Waals surface area contributed by atoms with Crippen molar-refractivity contribution in [2.24, 2.45) is 0 Å². The second-order valence-electron chi connectivity index (χ2n) is 8.32. The number of anilines is 1. The van der Waals surface area contributed by atoms with Crippen LogP contribution in [-0.4, -0.2) is 27.6 Å². The molecule has 1 fully saturated rings. The van der Waals surface area contributed by atoms with Crippen molar-refractivity contribution >= 4 is 17.5 Å². The molecule has 0 spiro atoms. The van der Waals surface area contributed by atoms with Gasteiger partial charge in [-0.2, -0.15) is 5.10 Å². The average Bonchev–Trinajstić information content (AvgIpc) is 3.53. The Morgan fingerprint density at radius 2 is 1.67 bits per heavy atom. The predicted octanol–water partition coefficient (Wildman–Crippen LogP) is 4.99. The van der Waals surface area contributed by atoms with E-state index in [2.05, 4.69) is 10.6 Å². The van der Waals surface area contributed by atoms with Crippen LogP contribution in [-0.2, 0) is 0 Å². The number of para-hydroxylation sites is 1. The Bertz CT molecular complexity index is 1310. The zero-order chi connectivity index (χ0) is 22.8. The fourth-order valence-corrected chi connectivity index (χ4v) is 3.66. The van der Waals surface area contributed by atoms with Gasteiger partial charge >= 0.3 is 0 Å². The molecular weight excluding hydrogens is 412 g/mol. The van der Waals surface area contributed by atoms with Gasteiger partial charge in [-0.3, -0.25) is 9.59 Å². The van der Waals surface area contributed by atoms with Crippen LogP contribution in [0.3, 0.4) is 0 Å². The van der Waals surface area contributed by atoms with E-state index in [9.17, 15) is 9.59 Å². The van der Waals surface area contributed by atoms with Gasteiger partial charge < -0.3 is 10.6 Å². The van der Waals surface area contributed by atoms with E-state index < -0.39 is 0 Å². The maximum Gasteiger partial charge on any atom is 0.259 e. The van der Waals surface area contributed by atoms with Gasteiger partial charge in [0.15, 0.2) is 0 Å². The highest BCUT2D eigenvalue weighted by Gasteiger charge is 2.24. The summed E-state index contributed by atoms with van der Waals surface area (Å²) < 4.78 is 1.72. The van der Waals surface area contributed by atoms with E-state index in [4.69, 9.17) is 5.10 Å². The summed E-state index contributed by atoms with van der Waals surface area (Å²) in [4.78, 5) is 25.5. The number of rotatable bonds is 6. The van der Waals surface area contributed by atoms with Gasteiger partial charge in [-0.05, 0) is 62.2 Å². The fourth-order valence-electron chi connectivity index (χ4n) is 3.66. The number of amides is 2. The smallest absolute Gasteiger partial charge is 0.259 e. The average molecular weight is 437 g/mol. The molecule has 0 saturated heterocycles. The number of carbonyl (C=O) groups excluding carboxylic acids is 2. The maximum absolute atomic E-state index is 13.3. The molecule has 6 heteroatoms. The second kappa shape index (κ2) is 8.74. The Balaban J connectivity index is 1.43. The van der Waals surface area contributed by atoms with E-state index in [1.807, 2.05) is 61.5 Å². The van der Waals surface area contributed by atoms with Crippen molar-refractivity contribution in [2.45, 2.75) is 25.8 Å². The highest BCUT2D eigenvalue weighted by molar-refractivity contribution is 6.08. The van der Waals surface area contributed by atoms with Crippen LogP contribution in [0.2, 0.25) is 0 Å². The topological polar surface area (TPSA) is 76.0 Å². The van der Waals surface area contributed by atoms with Crippen molar-refractivity contribution in [2.75, 3.05) is 5.32 Å². The molecule has 3 aromatic carbocycles. The third-order valence-electron chi connectivity index (χ3n) is 5.59. The first-order valence-corrected chi connectivity index (χ1v) is 11.0. The summed E-state index contributed by atoms with van der Waals surface area (Å²) in [5.41, 5.74) is 5.12. The minimum atomic E-state index is -0.260. The van der Waals surface area contributed by atoms with E-state index in [0.29, 0.717) is 28.6 Å². The Morgan fingerprint density at radius 3 is 2.36 bits per heavy atom. The lowest BCUT2D eigenvalue weighted by atomic mass is 10.1. The molecular formula is C27H24N4O2. The number of aromatic nitrogens is 2. The van der Waals surface area contributed by atoms with Crippen LogP contribution in [0.4, 0.5) is 5.69 Å². The summed E-state index contributed by atoms with van der Waals surface area (Å²) >= 11 is 0. The number of nitrogens with zero attached hydrogens (tertiary/aromatic N) is 2. The van der Waals surface area contributed by atoms with Crippen LogP contribution in [0, 0.1) is 6.92 Å². The first kappa shape index (κ1) is 20.7. The lowest BCUT2D eigenvalue weighted by Crippen LogP contribution is -2.25. The number of aryl methyl sites for hydroxylation is 1. The molecule has 0 aliphatic heterocycles. The van der Waals surface area contributed by atoms with E-state index in [-0.39, 0.29) is 11.8 Å². The van der Waals surface area contributed by atoms with Gasteiger partial charge in [0.2, 0.25) is 0 Å². The molecule has 1 saturated carbocycles. The molecule has 1 aliphatic carbocycles. The van der Waals surface area contributed by atoms with E-state index >= 15 is 0 Å². The second-order valence-corrected chi connectivity index (χ2v) is 8.32. The molecule has 6 nitrogen and oxygen atoms in total. The van der Waals surface area contributed by atoms with Crippen molar-refractivity contribution in [1.82, 2.24) is 15.1 Å². The lowest BCUT2D eigenvalue weighted by molar-refractivity contribution is 0.0950. The Hall–Kier alpha value is -4.19. The SMILES string of the molecule is Cc1cccc(-c2nn(-c3ccccc3)cc2C(=O)Nc2ccc(C(=O)NC3CC3)cc2)c1. The zero-order valence-electron chi connectivity index (χ0n) is 18.3. The molecule has 1 aliphatic rings. The Labute approximate surface area is 192 Å². The fraction of sp³-hybridized carbons (Fsp3) is 0.148. The summed E-state index contributed by atoms with van der Waals surface area (Å²) in [5.74, 6) is -0.342. The molecule has 33 heavy (non-hydrogen) atoms. The minimum absolute atomic E-state index is 0.0822. The van der Waals surface area contributed by atoms with Gasteiger partial charge in [0.25, 0.3) is 11.8 Å². The maximum atomic E-state index is 13.3. The largest absolute Gasteiger partial charge is 0.349 e. The highest BCUT2D eigenvalue weighted by Crippen LogP contribution is 2.26. The van der Waals surface area contributed by atoms with Crippen molar-refractivity contribution in [3.05, 3.63) is 102 Å². The molecule has 0 radical (unpaired) electrons. The minimum Gasteiger partial charge on any atom is -0.349 e. The monoisotopic (exact) mass is 436 g/mol. The van der Waals surface area contributed by atoms with E-state index in [1.165, 1.54) is 0 Å². The van der Waals surface area contributed by atoms with Crippen LogP contribution >= 0.6 is 0 Å². The van der Waals surface area contributed by atoms with Crippen molar-refractivity contribution in [3.8, 4) is 16.9 Å². The van der Waals surface area contributed by atoms with Gasteiger partial charge in [0, 0.05) is 29.1 Å². The van der Waals surface area contributed by atoms with Gasteiger partial charge in [-0.25, -0.2) is 4.68 Å². The van der Waals surface area contributed by atoms with Gasteiger partial charge in [-0.1, -0.05) is 42.0 Å². The van der Waals surface area contributed by atoms with Gasteiger partial charge in [0.05, 0.1) is 11.3 Å². The number of carbonyl (C=O) groups is 2. The molecule has 5 rings (SSSR count). The first-order chi connectivity index (χ1) is 16.1. The van der Waals surface area contributed by atoms with Crippen LogP contribution in [0.1, 0.15) is 39.1 Å². The van der Waals surface area contributed by atoms with Crippen LogP contribution < -0.4 is 10.6 Å². The summed E-state index contributed by atoms with van der Waals surface area (Å²) in [6.07, 6.45) is 3.83. The molecule has 1 heterocycles. The molecule has 0 unspecified atom stereocenters. The quantitative estimate of drug-likeness (QED) is 0.447. The normalized spacial score (nSPS) is 12.9. The summed E-state index contributed by atoms with van der Waals surface area (Å²) in [6, 6.07) is 24.9. The standard InChI is InChI=1S/C27H24N4O2/c1-18-6-5-7-20(16-18)25-24(17-31(30-25)23-8-3-2-4-9-23)27(33)29-21-12-10-19(11-13-21)26(32)28-22-14-15-22/h2-13,16-17,22H,14-15H2,1H3,(H,28,32)(H,29,33). The lowest BCUT2D eigenvalue weighted by Gasteiger charge is -2.07. The molecule has 2 N–H and O–H groups in total. The van der Waals surface area contributed by atoms with Crippen molar-refractivity contribution < 1.29 is 9.59 Å². The number of benzene rings is 3. The van der Waals surface area contributed by atoms with Crippen LogP contribution in [0.15, 0.2) is 85.1 Å².